The van der Waals surface area contributed by atoms with Crippen LogP contribution in [-0.4, -0.2) is 56.6 Å². The van der Waals surface area contributed by atoms with Crippen molar-refractivity contribution in [2.24, 2.45) is 10.9 Å². The van der Waals surface area contributed by atoms with Gasteiger partial charge >= 0.3 is 0 Å². The summed E-state index contributed by atoms with van der Waals surface area (Å²) in [6.07, 6.45) is 8.89. The fourth-order valence-electron chi connectivity index (χ4n) is 4.24. The fraction of sp³-hybridized carbons (Fsp3) is 0.632. The molecule has 5 rings (SSSR count). The van der Waals surface area contributed by atoms with Crippen molar-refractivity contribution >= 4 is 22.8 Å². The van der Waals surface area contributed by atoms with E-state index >= 15 is 0 Å². The van der Waals surface area contributed by atoms with Crippen molar-refractivity contribution in [1.82, 2.24) is 19.4 Å². The van der Waals surface area contributed by atoms with E-state index in [1.54, 1.807) is 11.8 Å². The number of amides is 1. The molecule has 0 radical (unpaired) electrons. The first-order valence-electron chi connectivity index (χ1n) is 9.71. The van der Waals surface area contributed by atoms with E-state index in [4.69, 9.17) is 0 Å². The lowest BCUT2D eigenvalue weighted by Crippen LogP contribution is -2.40. The molecule has 138 valence electrons. The molecule has 1 saturated carbocycles. The van der Waals surface area contributed by atoms with Crippen LogP contribution in [0.15, 0.2) is 28.0 Å². The van der Waals surface area contributed by atoms with E-state index in [1.165, 1.54) is 18.7 Å². The molecule has 26 heavy (non-hydrogen) atoms. The van der Waals surface area contributed by atoms with E-state index in [9.17, 15) is 4.79 Å². The molecule has 4 heterocycles. The number of carbonyl (C=O) groups is 1. The minimum absolute atomic E-state index is 0.176. The van der Waals surface area contributed by atoms with Crippen molar-refractivity contribution in [3.05, 3.63) is 28.8 Å². The van der Waals surface area contributed by atoms with Gasteiger partial charge in [-0.25, -0.2) is 4.98 Å². The maximum absolute atomic E-state index is 13.2. The third-order valence-corrected chi connectivity index (χ3v) is 7.10. The number of fused-ring (bicyclic) bond motifs is 1. The second-order valence-corrected chi connectivity index (χ2v) is 8.78. The molecule has 4 aliphatic rings. The van der Waals surface area contributed by atoms with Gasteiger partial charge in [0.15, 0.2) is 5.17 Å². The molecule has 7 heteroatoms. The molecule has 1 aromatic rings. The highest BCUT2D eigenvalue weighted by Gasteiger charge is 2.37. The fourth-order valence-corrected chi connectivity index (χ4v) is 5.39. The van der Waals surface area contributed by atoms with Gasteiger partial charge in [0.1, 0.15) is 5.82 Å². The van der Waals surface area contributed by atoms with Crippen molar-refractivity contribution in [3.63, 3.8) is 0 Å². The van der Waals surface area contributed by atoms with Crippen molar-refractivity contribution < 1.29 is 4.79 Å². The molecule has 0 aromatic carbocycles. The van der Waals surface area contributed by atoms with Crippen LogP contribution in [0.2, 0.25) is 0 Å². The van der Waals surface area contributed by atoms with Crippen LogP contribution in [0.5, 0.6) is 0 Å². The maximum Gasteiger partial charge on any atom is 0.262 e. The lowest BCUT2D eigenvalue weighted by Gasteiger charge is -2.33. The van der Waals surface area contributed by atoms with Gasteiger partial charge in [-0.3, -0.25) is 9.79 Å². The Bertz CT molecular complexity index is 794. The Morgan fingerprint density at radius 3 is 3.00 bits per heavy atom. The average Bonchev–Trinajstić information content (AvgIpc) is 3.05. The summed E-state index contributed by atoms with van der Waals surface area (Å²) in [7, 11) is 0. The molecule has 0 unspecified atom stereocenters. The number of amidine groups is 1. The minimum Gasteiger partial charge on any atom is -0.337 e. The summed E-state index contributed by atoms with van der Waals surface area (Å²) in [6.45, 7) is 6.53. The third-order valence-electron chi connectivity index (χ3n) is 5.90. The Hall–Kier alpha value is -1.76. The number of rotatable bonds is 4. The average molecular weight is 372 g/mol. The highest BCUT2D eigenvalue weighted by Crippen LogP contribution is 2.38. The van der Waals surface area contributed by atoms with Crippen LogP contribution in [0.1, 0.15) is 44.3 Å². The van der Waals surface area contributed by atoms with E-state index in [-0.39, 0.29) is 5.91 Å². The molecule has 1 aromatic heterocycles. The van der Waals surface area contributed by atoms with Crippen LogP contribution in [0.4, 0.5) is 0 Å². The number of imidazole rings is 1. The predicted octanol–water partition coefficient (Wildman–Crippen LogP) is 2.65. The van der Waals surface area contributed by atoms with E-state index in [2.05, 4.69) is 32.6 Å². The van der Waals surface area contributed by atoms with Crippen LogP contribution < -0.4 is 0 Å². The van der Waals surface area contributed by atoms with E-state index in [0.29, 0.717) is 5.92 Å². The highest BCUT2D eigenvalue weighted by atomic mass is 32.2. The van der Waals surface area contributed by atoms with Crippen LogP contribution in [0.25, 0.3) is 0 Å². The summed E-state index contributed by atoms with van der Waals surface area (Å²) in [4.78, 5) is 27.4. The van der Waals surface area contributed by atoms with Crippen molar-refractivity contribution in [1.29, 1.82) is 0 Å². The van der Waals surface area contributed by atoms with Crippen LogP contribution in [0.3, 0.4) is 0 Å². The maximum atomic E-state index is 13.2. The molecule has 3 aliphatic heterocycles. The lowest BCUT2D eigenvalue weighted by molar-refractivity contribution is -0.127. The second kappa shape index (κ2) is 6.44. The number of thioether (sulfide) groups is 1. The number of allylic oxidation sites excluding steroid dienone is 1. The quantitative estimate of drug-likeness (QED) is 0.816. The Morgan fingerprint density at radius 2 is 2.19 bits per heavy atom. The molecule has 1 atom stereocenters. The minimum atomic E-state index is 0.176. The molecule has 1 aliphatic carbocycles. The predicted molar refractivity (Wildman–Crippen MR) is 103 cm³/mol. The number of carbonyl (C=O) groups excluding carboxylic acids is 1. The molecule has 2 fully saturated rings. The third kappa shape index (κ3) is 2.86. The number of likely N-dealkylation sites (tertiary alicyclic amines) is 1. The lowest BCUT2D eigenvalue weighted by atomic mass is 9.97. The number of hydrogen-bond donors (Lipinski definition) is 0. The first kappa shape index (κ1) is 16.4. The molecular formula is C19H25N5OS. The largest absolute Gasteiger partial charge is 0.337 e. The second-order valence-electron chi connectivity index (χ2n) is 7.80. The van der Waals surface area contributed by atoms with E-state index < -0.39 is 0 Å². The molecule has 0 bridgehead atoms. The first-order valence-corrected chi connectivity index (χ1v) is 10.5. The number of piperidine rings is 1. The van der Waals surface area contributed by atoms with Crippen molar-refractivity contribution in [3.8, 4) is 0 Å². The molecule has 6 nitrogen and oxygen atoms in total. The topological polar surface area (TPSA) is 53.7 Å². The van der Waals surface area contributed by atoms with Crippen LogP contribution >= 0.6 is 11.8 Å². The van der Waals surface area contributed by atoms with Crippen molar-refractivity contribution in [2.75, 3.05) is 26.2 Å². The van der Waals surface area contributed by atoms with E-state index in [0.717, 1.165) is 67.3 Å². The van der Waals surface area contributed by atoms with Gasteiger partial charge in [0.05, 0.1) is 11.4 Å². The van der Waals surface area contributed by atoms with Gasteiger partial charge in [0.25, 0.3) is 5.91 Å². The van der Waals surface area contributed by atoms with Gasteiger partial charge in [-0.2, -0.15) is 0 Å². The highest BCUT2D eigenvalue weighted by molar-refractivity contribution is 8.18. The summed E-state index contributed by atoms with van der Waals surface area (Å²) in [5.74, 6) is 2.53. The molecule has 0 spiro atoms. The standard InChI is InChI=1S/C19H25N5OS/c1-13-16(26-19-21-7-10-24(13)19)18(25)23-8-2-3-15(12-23)17-20-6-9-22(17)11-14-4-5-14/h6,9,14-15H,2-5,7-8,10-12H2,1H3/t15-/m1/s1. The molecular weight excluding hydrogens is 346 g/mol. The number of nitrogens with zero attached hydrogens (tertiary/aromatic N) is 5. The van der Waals surface area contributed by atoms with Gasteiger partial charge in [-0.05, 0) is 50.3 Å². The molecule has 0 N–H and O–H groups in total. The van der Waals surface area contributed by atoms with Gasteiger partial charge in [-0.1, -0.05) is 0 Å². The Morgan fingerprint density at radius 1 is 1.31 bits per heavy atom. The monoisotopic (exact) mass is 371 g/mol. The zero-order chi connectivity index (χ0) is 17.7. The number of aliphatic imine (C=N–C) groups is 1. The van der Waals surface area contributed by atoms with Crippen molar-refractivity contribution in [2.45, 2.75) is 45.1 Å². The Balaban J connectivity index is 1.32. The summed E-state index contributed by atoms with van der Waals surface area (Å²) in [5.41, 5.74) is 1.08. The zero-order valence-corrected chi connectivity index (χ0v) is 16.0. The molecule has 1 saturated heterocycles. The van der Waals surface area contributed by atoms with Gasteiger partial charge in [0, 0.05) is 50.2 Å². The summed E-state index contributed by atoms with van der Waals surface area (Å²) < 4.78 is 2.33. The first-order chi connectivity index (χ1) is 12.7. The zero-order valence-electron chi connectivity index (χ0n) is 15.2. The number of aromatic nitrogens is 2. The summed E-state index contributed by atoms with van der Waals surface area (Å²) >= 11 is 1.55. The van der Waals surface area contributed by atoms with Crippen LogP contribution in [0, 0.1) is 5.92 Å². The van der Waals surface area contributed by atoms with Crippen LogP contribution in [-0.2, 0) is 11.3 Å². The Labute approximate surface area is 158 Å². The van der Waals surface area contributed by atoms with Gasteiger partial charge in [-0.15, -0.1) is 0 Å². The van der Waals surface area contributed by atoms with Gasteiger partial charge < -0.3 is 14.4 Å². The number of hydrogen-bond acceptors (Lipinski definition) is 5. The smallest absolute Gasteiger partial charge is 0.262 e. The normalized spacial score (nSPS) is 25.7. The summed E-state index contributed by atoms with van der Waals surface area (Å²) in [6, 6.07) is 0. The molecule has 1 amide bonds. The van der Waals surface area contributed by atoms with E-state index in [1.807, 2.05) is 11.1 Å². The SMILES string of the molecule is CC1=C(C(=O)N2CCC[C@@H](c3nccn3CC3CC3)C2)SC2=NCCN21. The van der Waals surface area contributed by atoms with Gasteiger partial charge in [0.2, 0.25) is 0 Å². The summed E-state index contributed by atoms with van der Waals surface area (Å²) in [5, 5.41) is 0.999. The Kier molecular flexibility index (Phi) is 4.07.